The van der Waals surface area contributed by atoms with Crippen molar-refractivity contribution in [3.05, 3.63) is 0 Å². The number of carboxylic acid groups (broad SMARTS) is 2. The van der Waals surface area contributed by atoms with Crippen molar-refractivity contribution in [3.63, 3.8) is 0 Å². The van der Waals surface area contributed by atoms with Crippen LogP contribution >= 0.6 is 0 Å². The molecule has 0 aromatic carbocycles. The number of aliphatic carboxylic acids is 2. The molecule has 86 valence electrons. The van der Waals surface area contributed by atoms with Gasteiger partial charge >= 0.3 is 64.8 Å². The molecule has 16 heavy (non-hydrogen) atoms. The Morgan fingerprint density at radius 3 is 1.12 bits per heavy atom. The zero-order valence-electron chi connectivity index (χ0n) is 9.66. The third kappa shape index (κ3) is 24.0. The fourth-order valence-corrected chi connectivity index (χ4v) is 1.19. The van der Waals surface area contributed by atoms with Crippen molar-refractivity contribution in [2.24, 2.45) is 0 Å². The van der Waals surface area contributed by atoms with Gasteiger partial charge in [0.25, 0.3) is 0 Å². The van der Waals surface area contributed by atoms with Gasteiger partial charge in [-0.25, -0.2) is 0 Å². The van der Waals surface area contributed by atoms with Crippen molar-refractivity contribution in [3.8, 4) is 0 Å². The Hall–Kier alpha value is 0.537. The van der Waals surface area contributed by atoms with Gasteiger partial charge in [-0.05, 0) is 0 Å². The number of hydrogen-bond donors (Lipinski definition) is 2. The second-order valence-corrected chi connectivity index (χ2v) is 3.09. The quantitative estimate of drug-likeness (QED) is 0.560. The molecule has 1 fully saturated rings. The predicted molar refractivity (Wildman–Crippen MR) is 66.4 cm³/mol. The van der Waals surface area contributed by atoms with Gasteiger partial charge in [0.15, 0.2) is 0 Å². The van der Waals surface area contributed by atoms with Crippen LogP contribution in [0.4, 0.5) is 0 Å². The van der Waals surface area contributed by atoms with E-state index in [1.807, 2.05) is 23.3 Å². The van der Waals surface area contributed by atoms with E-state index in [0.29, 0.717) is 0 Å². The van der Waals surface area contributed by atoms with Gasteiger partial charge < -0.3 is 10.2 Å². The van der Waals surface area contributed by atoms with Crippen molar-refractivity contribution in [2.75, 3.05) is 0 Å². The molecule has 1 saturated carbocycles. The molecule has 1 aliphatic carbocycles. The minimum absolute atomic E-state index is 0. The Morgan fingerprint density at radius 2 is 1.06 bits per heavy atom. The maximum absolute atomic E-state index is 9.43. The predicted octanol–water partition coefficient (Wildman–Crippen LogP) is 1.44. The summed E-state index contributed by atoms with van der Waals surface area (Å²) in [5, 5.41) is 15.4. The number of hydrogen-bond acceptors (Lipinski definition) is 2. The van der Waals surface area contributed by atoms with Crippen LogP contribution in [0.1, 0.15) is 44.9 Å². The first kappa shape index (κ1) is 21.8. The average Bonchev–Trinajstić information content (AvgIpc) is 2.22. The third-order valence-corrected chi connectivity index (χ3v) is 1.80. The first-order valence-corrected chi connectivity index (χ1v) is 5.56. The standard InChI is InChI=1S/C6H12.C3H4O4.CH3.Li.Na.H/c1-2-4-6-5-3-1;4-2(5)1-3(6)7;;;;/h1-6H2;1H2,(H,4,5)(H,6,7);1H3;;;. The van der Waals surface area contributed by atoms with E-state index >= 15 is 0 Å². The van der Waals surface area contributed by atoms with Crippen molar-refractivity contribution in [2.45, 2.75) is 50.5 Å². The summed E-state index contributed by atoms with van der Waals surface area (Å²) in [4.78, 5) is 18.9. The Labute approximate surface area is 129 Å². The number of carboxylic acids is 2. The van der Waals surface area contributed by atoms with Crippen molar-refractivity contribution in [1.29, 1.82) is 0 Å². The van der Waals surface area contributed by atoms with Gasteiger partial charge in [-0.2, -0.15) is 0 Å². The summed E-state index contributed by atoms with van der Waals surface area (Å²) in [6, 6.07) is 0. The molecule has 0 aliphatic heterocycles. The zero-order chi connectivity index (χ0) is 12.1. The summed E-state index contributed by atoms with van der Waals surface area (Å²) in [6.07, 6.45) is 8.19. The fourth-order valence-electron chi connectivity index (χ4n) is 1.19. The first-order chi connectivity index (χ1) is 7.13. The van der Waals surface area contributed by atoms with Crippen LogP contribution in [0.5, 0.6) is 0 Å². The number of carbonyl (C=O) groups is 2. The second-order valence-electron chi connectivity index (χ2n) is 3.09. The van der Waals surface area contributed by atoms with Crippen LogP contribution in [-0.4, -0.2) is 69.4 Å². The van der Waals surface area contributed by atoms with Crippen LogP contribution < -0.4 is 0 Å². The van der Waals surface area contributed by atoms with Gasteiger partial charge in [0.1, 0.15) is 6.42 Å². The van der Waals surface area contributed by atoms with E-state index in [1.54, 1.807) is 0 Å². The van der Waals surface area contributed by atoms with Gasteiger partial charge in [0.2, 0.25) is 0 Å². The van der Waals surface area contributed by atoms with Gasteiger partial charge in [0.05, 0.1) is 0 Å². The zero-order valence-corrected chi connectivity index (χ0v) is 9.66. The van der Waals surface area contributed by atoms with Gasteiger partial charge in [-0.1, -0.05) is 38.5 Å². The summed E-state index contributed by atoms with van der Waals surface area (Å²) >= 11 is 2.00. The molecule has 0 heterocycles. The normalized spacial score (nSPS) is 12.9. The maximum atomic E-state index is 9.43. The Morgan fingerprint density at radius 1 is 0.875 bits per heavy atom. The van der Waals surface area contributed by atoms with Crippen LogP contribution in [0, 0.1) is 0 Å². The van der Waals surface area contributed by atoms with Gasteiger partial charge in [0, 0.05) is 0 Å². The van der Waals surface area contributed by atoms with E-state index in [-0.39, 0.29) is 29.6 Å². The summed E-state index contributed by atoms with van der Waals surface area (Å²) in [5.74, 6) is -2.62. The molecular formula is C10H20LiNaO4. The molecule has 0 bridgehead atoms. The fraction of sp³-hybridized carbons (Fsp3) is 0.800. The van der Waals surface area contributed by atoms with Gasteiger partial charge in [-0.15, -0.1) is 0 Å². The van der Waals surface area contributed by atoms with E-state index in [1.165, 1.54) is 38.5 Å². The summed E-state index contributed by atoms with van der Waals surface area (Å²) in [6.45, 7) is 0. The summed E-state index contributed by atoms with van der Waals surface area (Å²) < 4.78 is 0. The third-order valence-electron chi connectivity index (χ3n) is 1.80. The van der Waals surface area contributed by atoms with Gasteiger partial charge in [-0.3, -0.25) is 9.59 Å². The van der Waals surface area contributed by atoms with E-state index in [9.17, 15) is 9.59 Å². The van der Waals surface area contributed by atoms with Crippen molar-refractivity contribution in [1.82, 2.24) is 0 Å². The second kappa shape index (κ2) is 17.9. The molecule has 4 nitrogen and oxygen atoms in total. The molecule has 0 radical (unpaired) electrons. The molecule has 0 aromatic rings. The van der Waals surface area contributed by atoms with Crippen LogP contribution in [0.15, 0.2) is 0 Å². The molecule has 2 N–H and O–H groups in total. The molecule has 0 unspecified atom stereocenters. The monoisotopic (exact) mass is 234 g/mol. The minimum atomic E-state index is -1.31. The first-order valence-electron chi connectivity index (χ1n) is 5.56. The Kier molecular flexibility index (Phi) is 24.4. The van der Waals surface area contributed by atoms with E-state index in [2.05, 4.69) is 0 Å². The molecule has 1 rings (SSSR count). The summed E-state index contributed by atoms with van der Waals surface area (Å²) in [7, 11) is 0. The molecule has 0 saturated heterocycles. The van der Waals surface area contributed by atoms with Crippen molar-refractivity contribution < 1.29 is 19.8 Å². The van der Waals surface area contributed by atoms with Crippen LogP contribution in [0.2, 0.25) is 5.60 Å². The molecule has 0 amide bonds. The molecule has 0 atom stereocenters. The van der Waals surface area contributed by atoms with E-state index < -0.39 is 18.4 Å². The molecule has 6 heteroatoms. The average molecular weight is 234 g/mol. The molecule has 1 aliphatic rings. The Balaban J connectivity index is -0.000000174. The van der Waals surface area contributed by atoms with Crippen LogP contribution in [-0.2, 0) is 9.59 Å². The number of rotatable bonds is 2. The van der Waals surface area contributed by atoms with Crippen molar-refractivity contribution >= 4 is 59.2 Å². The Bertz CT molecular complexity index is 149. The van der Waals surface area contributed by atoms with E-state index in [4.69, 9.17) is 10.2 Å². The molecular weight excluding hydrogens is 214 g/mol. The van der Waals surface area contributed by atoms with Crippen LogP contribution in [0.3, 0.4) is 0 Å². The van der Waals surface area contributed by atoms with E-state index in [0.717, 1.165) is 0 Å². The SMILES string of the molecule is C1CCCCC1.O=C(O)CC(=O)O.[Li][CH3].[NaH]. The van der Waals surface area contributed by atoms with Crippen LogP contribution in [0.25, 0.3) is 0 Å². The molecule has 0 aromatic heterocycles. The summed E-state index contributed by atoms with van der Waals surface area (Å²) in [5.41, 5.74) is 2.00. The topological polar surface area (TPSA) is 74.6 Å². The molecule has 0 spiro atoms.